The fourth-order valence-corrected chi connectivity index (χ4v) is 3.04. The number of aromatic nitrogens is 2. The zero-order chi connectivity index (χ0) is 23.3. The average molecular weight is 441 g/mol. The van der Waals surface area contributed by atoms with Gasteiger partial charge < -0.3 is 24.1 Å². The Hall–Kier alpha value is -3.68. The van der Waals surface area contributed by atoms with Gasteiger partial charge in [-0.15, -0.1) is 0 Å². The highest BCUT2D eigenvalue weighted by Crippen LogP contribution is 2.36. The van der Waals surface area contributed by atoms with Gasteiger partial charge >= 0.3 is 23.6 Å². The van der Waals surface area contributed by atoms with Crippen molar-refractivity contribution in [3.05, 3.63) is 43.0 Å². The lowest BCUT2D eigenvalue weighted by atomic mass is 10.0. The molecule has 0 spiro atoms. The first-order chi connectivity index (χ1) is 14.6. The predicted octanol–water partition coefficient (Wildman–Crippen LogP) is -1.36. The summed E-state index contributed by atoms with van der Waals surface area (Å²) in [5, 5.41) is 12.6. The van der Waals surface area contributed by atoms with E-state index >= 15 is 0 Å². The van der Waals surface area contributed by atoms with Crippen LogP contribution in [0.15, 0.2) is 20.9 Å². The molecule has 1 aromatic rings. The first-order valence-electron chi connectivity index (χ1n) is 8.71. The zero-order valence-corrected chi connectivity index (χ0v) is 16.6. The molecule has 2 heterocycles. The minimum absolute atomic E-state index is 0.225. The van der Waals surface area contributed by atoms with Crippen molar-refractivity contribution in [2.45, 2.75) is 51.0 Å². The predicted molar refractivity (Wildman–Crippen MR) is 97.2 cm³/mol. The van der Waals surface area contributed by atoms with Crippen molar-refractivity contribution in [2.24, 2.45) is 5.11 Å². The minimum atomic E-state index is -1.68. The molecular formula is C16H19N5O10. The molecule has 0 radical (unpaired) electrons. The van der Waals surface area contributed by atoms with Crippen molar-refractivity contribution in [2.75, 3.05) is 7.11 Å². The molecule has 168 valence electrons. The fraction of sp³-hybridized carbons (Fsp3) is 0.562. The minimum Gasteiger partial charge on any atom is -0.469 e. The second kappa shape index (κ2) is 9.88. The van der Waals surface area contributed by atoms with Crippen molar-refractivity contribution >= 4 is 17.9 Å². The Morgan fingerprint density at radius 3 is 2.42 bits per heavy atom. The number of nitrogens with zero attached hydrogens (tertiary/aromatic N) is 4. The molecule has 1 aromatic heterocycles. The topological polar surface area (TPSA) is 212 Å². The summed E-state index contributed by atoms with van der Waals surface area (Å²) < 4.78 is 21.4. The highest BCUT2D eigenvalue weighted by Gasteiger charge is 2.54. The molecule has 0 amide bonds. The Bertz CT molecular complexity index is 1030. The molecule has 15 heteroatoms. The van der Waals surface area contributed by atoms with E-state index in [4.69, 9.17) is 19.7 Å². The van der Waals surface area contributed by atoms with E-state index in [1.54, 1.807) is 0 Å². The maximum absolute atomic E-state index is 12.4. The Morgan fingerprint density at radius 1 is 1.29 bits per heavy atom. The number of esters is 3. The fourth-order valence-electron chi connectivity index (χ4n) is 3.04. The Labute approximate surface area is 173 Å². The lowest BCUT2D eigenvalue weighted by Gasteiger charge is -2.25. The van der Waals surface area contributed by atoms with E-state index < -0.39 is 66.3 Å². The number of H-pyrrole nitrogens is 1. The smallest absolute Gasteiger partial charge is 0.330 e. The Kier molecular flexibility index (Phi) is 7.52. The molecule has 2 rings (SSSR count). The SMILES string of the molecule is COC(=O)[C@@H](N=[N+]=[N-])[C@H]1O[C@@H](n2cc(CO)c(=O)[nH]c2=O)[C@H](OC(C)=O)[C@@H]1OC(C)=O. The first kappa shape index (κ1) is 23.6. The summed E-state index contributed by atoms with van der Waals surface area (Å²) >= 11 is 0. The molecule has 1 aliphatic heterocycles. The number of azide groups is 1. The average Bonchev–Trinajstić information content (AvgIpc) is 3.02. The normalized spacial score (nSPS) is 23.4. The summed E-state index contributed by atoms with van der Waals surface area (Å²) in [6, 6.07) is -1.68. The number of aliphatic hydroxyl groups excluding tert-OH is 1. The van der Waals surface area contributed by atoms with E-state index in [1.165, 1.54) is 0 Å². The van der Waals surface area contributed by atoms with Crippen molar-refractivity contribution in [1.29, 1.82) is 0 Å². The lowest BCUT2D eigenvalue weighted by Crippen LogP contribution is -2.46. The summed E-state index contributed by atoms with van der Waals surface area (Å²) in [5.74, 6) is -2.76. The highest BCUT2D eigenvalue weighted by atomic mass is 16.6. The highest BCUT2D eigenvalue weighted by molar-refractivity contribution is 5.77. The van der Waals surface area contributed by atoms with Crippen LogP contribution in [0, 0.1) is 0 Å². The molecule has 0 aromatic carbocycles. The van der Waals surface area contributed by atoms with Gasteiger partial charge in [0.25, 0.3) is 5.56 Å². The third-order valence-electron chi connectivity index (χ3n) is 4.25. The zero-order valence-electron chi connectivity index (χ0n) is 16.6. The first-order valence-corrected chi connectivity index (χ1v) is 8.71. The van der Waals surface area contributed by atoms with Crippen molar-refractivity contribution in [3.8, 4) is 0 Å². The third-order valence-corrected chi connectivity index (χ3v) is 4.25. The van der Waals surface area contributed by atoms with Gasteiger partial charge in [0.15, 0.2) is 24.5 Å². The van der Waals surface area contributed by atoms with Gasteiger partial charge in [0.1, 0.15) is 6.10 Å². The molecule has 0 bridgehead atoms. The van der Waals surface area contributed by atoms with Crippen LogP contribution in [0.4, 0.5) is 0 Å². The quantitative estimate of drug-likeness (QED) is 0.167. The summed E-state index contributed by atoms with van der Waals surface area (Å²) in [6.07, 6.45) is -5.11. The van der Waals surface area contributed by atoms with Gasteiger partial charge in [0, 0.05) is 25.0 Å². The maximum Gasteiger partial charge on any atom is 0.330 e. The van der Waals surface area contributed by atoms with Gasteiger partial charge in [-0.2, -0.15) is 0 Å². The number of methoxy groups -OCH3 is 1. The van der Waals surface area contributed by atoms with Crippen molar-refractivity contribution < 1.29 is 38.4 Å². The van der Waals surface area contributed by atoms with E-state index in [-0.39, 0.29) is 5.56 Å². The number of carbonyl (C=O) groups is 3. The summed E-state index contributed by atoms with van der Waals surface area (Å²) in [4.78, 5) is 64.1. The van der Waals surface area contributed by atoms with Crippen molar-refractivity contribution in [3.63, 3.8) is 0 Å². The molecule has 0 saturated carbocycles. The van der Waals surface area contributed by atoms with E-state index in [0.29, 0.717) is 0 Å². The second-order valence-electron chi connectivity index (χ2n) is 6.29. The molecule has 15 nitrogen and oxygen atoms in total. The number of carbonyl (C=O) groups excluding carboxylic acids is 3. The van der Waals surface area contributed by atoms with Gasteiger partial charge in [-0.1, -0.05) is 5.11 Å². The number of ether oxygens (including phenoxy) is 4. The second-order valence-corrected chi connectivity index (χ2v) is 6.29. The molecule has 0 unspecified atom stereocenters. The molecule has 5 atom stereocenters. The number of rotatable bonds is 7. The van der Waals surface area contributed by atoms with Crippen LogP contribution in [0.2, 0.25) is 0 Å². The van der Waals surface area contributed by atoms with Gasteiger partial charge in [0.2, 0.25) is 0 Å². The van der Waals surface area contributed by atoms with Crippen LogP contribution in [-0.2, 0) is 39.9 Å². The summed E-state index contributed by atoms with van der Waals surface area (Å²) in [7, 11) is 1.01. The molecule has 0 aliphatic carbocycles. The third kappa shape index (κ3) is 5.09. The number of hydrogen-bond acceptors (Lipinski definition) is 11. The standard InChI is InChI=1S/C16H19N5O10/c1-6(23)29-11-10(9(19-20-17)15(26)28-3)31-14(12(11)30-7(2)24)21-4-8(5-22)13(25)18-16(21)27/h4,9-12,14,22H,5H2,1-3H3,(H,18,25,27)/t9-,10+,11+,12+,14+/m0/s1. The van der Waals surface area contributed by atoms with E-state index in [0.717, 1.165) is 31.7 Å². The van der Waals surface area contributed by atoms with E-state index in [2.05, 4.69) is 14.8 Å². The number of nitrogens with one attached hydrogen (secondary N) is 1. The summed E-state index contributed by atoms with van der Waals surface area (Å²) in [5.41, 5.74) is 6.73. The van der Waals surface area contributed by atoms with Gasteiger partial charge in [-0.3, -0.25) is 28.7 Å². The van der Waals surface area contributed by atoms with Gasteiger partial charge in [0.05, 0.1) is 19.3 Å². The number of aliphatic hydroxyl groups is 1. The number of aromatic amines is 1. The van der Waals surface area contributed by atoms with Crippen LogP contribution in [0.25, 0.3) is 10.4 Å². The van der Waals surface area contributed by atoms with Crippen LogP contribution < -0.4 is 11.2 Å². The van der Waals surface area contributed by atoms with Crippen LogP contribution in [0.1, 0.15) is 25.6 Å². The lowest BCUT2D eigenvalue weighted by molar-refractivity contribution is -0.166. The molecule has 1 saturated heterocycles. The van der Waals surface area contributed by atoms with E-state index in [9.17, 15) is 29.1 Å². The molecule has 31 heavy (non-hydrogen) atoms. The van der Waals surface area contributed by atoms with Crippen LogP contribution in [0.5, 0.6) is 0 Å². The maximum atomic E-state index is 12.4. The Balaban J connectivity index is 2.67. The molecule has 1 fully saturated rings. The van der Waals surface area contributed by atoms with Crippen LogP contribution in [-0.4, -0.2) is 64.0 Å². The van der Waals surface area contributed by atoms with Crippen LogP contribution in [0.3, 0.4) is 0 Å². The summed E-state index contributed by atoms with van der Waals surface area (Å²) in [6.45, 7) is 1.34. The monoisotopic (exact) mass is 441 g/mol. The van der Waals surface area contributed by atoms with Crippen molar-refractivity contribution in [1.82, 2.24) is 9.55 Å². The molecular weight excluding hydrogens is 422 g/mol. The van der Waals surface area contributed by atoms with Gasteiger partial charge in [-0.05, 0) is 5.53 Å². The Morgan fingerprint density at radius 2 is 1.90 bits per heavy atom. The van der Waals surface area contributed by atoms with Gasteiger partial charge in [-0.25, -0.2) is 4.79 Å². The number of hydrogen-bond donors (Lipinski definition) is 2. The molecule has 1 aliphatic rings. The molecule has 2 N–H and O–H groups in total. The largest absolute Gasteiger partial charge is 0.469 e. The van der Waals surface area contributed by atoms with E-state index in [1.807, 2.05) is 4.98 Å². The van der Waals surface area contributed by atoms with Crippen LogP contribution >= 0.6 is 0 Å².